The molecule has 1 amide bonds. The van der Waals surface area contributed by atoms with Gasteiger partial charge in [-0.25, -0.2) is 0 Å². The molecular weight excluding hydrogens is 266 g/mol. The van der Waals surface area contributed by atoms with Crippen LogP contribution < -0.4 is 16.2 Å². The van der Waals surface area contributed by atoms with Crippen LogP contribution in [-0.4, -0.2) is 5.91 Å². The van der Waals surface area contributed by atoms with Crippen LogP contribution in [0, 0.1) is 25.2 Å². The number of nitriles is 1. The first-order chi connectivity index (χ1) is 9.92. The van der Waals surface area contributed by atoms with Gasteiger partial charge in [0.1, 0.15) is 5.75 Å². The number of primary amides is 1. The van der Waals surface area contributed by atoms with Gasteiger partial charge in [0.05, 0.1) is 17.3 Å². The van der Waals surface area contributed by atoms with Crippen LogP contribution in [0.1, 0.15) is 27.0 Å². The van der Waals surface area contributed by atoms with E-state index in [0.29, 0.717) is 28.3 Å². The van der Waals surface area contributed by atoms with Crippen molar-refractivity contribution in [2.75, 3.05) is 5.73 Å². The summed E-state index contributed by atoms with van der Waals surface area (Å²) < 4.78 is 5.82. The number of hydrogen-bond acceptors (Lipinski definition) is 4. The molecular formula is C16H15N3O2. The van der Waals surface area contributed by atoms with Crippen LogP contribution >= 0.6 is 0 Å². The Hall–Kier alpha value is -3.00. The Bertz CT molecular complexity index is 738. The summed E-state index contributed by atoms with van der Waals surface area (Å²) in [6.07, 6.45) is 0. The molecule has 2 aromatic carbocycles. The SMILES string of the molecule is Cc1cc(C(N)=O)cc(C)c1Oc1cc(C#N)ccc1N. The summed E-state index contributed by atoms with van der Waals surface area (Å²) >= 11 is 0. The monoisotopic (exact) mass is 281 g/mol. The van der Waals surface area contributed by atoms with Crippen molar-refractivity contribution in [2.24, 2.45) is 5.73 Å². The number of anilines is 1. The number of nitrogens with zero attached hydrogens (tertiary/aromatic N) is 1. The molecule has 0 fully saturated rings. The average Bonchev–Trinajstić information content (AvgIpc) is 2.44. The molecule has 0 unspecified atom stereocenters. The molecule has 0 saturated carbocycles. The van der Waals surface area contributed by atoms with Gasteiger partial charge in [-0.05, 0) is 49.2 Å². The quantitative estimate of drug-likeness (QED) is 0.844. The highest BCUT2D eigenvalue weighted by atomic mass is 16.5. The van der Waals surface area contributed by atoms with E-state index in [1.165, 1.54) is 0 Å². The number of nitrogens with two attached hydrogens (primary N) is 2. The van der Waals surface area contributed by atoms with Gasteiger partial charge in [0.25, 0.3) is 0 Å². The molecule has 0 aliphatic carbocycles. The van der Waals surface area contributed by atoms with E-state index in [2.05, 4.69) is 0 Å². The molecule has 4 N–H and O–H groups in total. The van der Waals surface area contributed by atoms with E-state index in [4.69, 9.17) is 21.5 Å². The molecule has 2 rings (SSSR count). The fraction of sp³-hybridized carbons (Fsp3) is 0.125. The van der Waals surface area contributed by atoms with Crippen molar-refractivity contribution in [2.45, 2.75) is 13.8 Å². The molecule has 0 radical (unpaired) electrons. The van der Waals surface area contributed by atoms with E-state index in [0.717, 1.165) is 11.1 Å². The summed E-state index contributed by atoms with van der Waals surface area (Å²) in [5, 5.41) is 8.93. The highest BCUT2D eigenvalue weighted by Gasteiger charge is 2.12. The second-order valence-electron chi connectivity index (χ2n) is 4.77. The predicted molar refractivity (Wildman–Crippen MR) is 80.1 cm³/mol. The maximum atomic E-state index is 11.2. The Labute approximate surface area is 122 Å². The summed E-state index contributed by atoms with van der Waals surface area (Å²) in [7, 11) is 0. The van der Waals surface area contributed by atoms with Crippen molar-refractivity contribution in [3.63, 3.8) is 0 Å². The van der Waals surface area contributed by atoms with Gasteiger partial charge in [0.2, 0.25) is 5.91 Å². The molecule has 5 nitrogen and oxygen atoms in total. The topological polar surface area (TPSA) is 102 Å². The van der Waals surface area contributed by atoms with Crippen molar-refractivity contribution in [3.8, 4) is 17.6 Å². The summed E-state index contributed by atoms with van der Waals surface area (Å²) in [4.78, 5) is 11.2. The zero-order chi connectivity index (χ0) is 15.6. The van der Waals surface area contributed by atoms with E-state index < -0.39 is 5.91 Å². The van der Waals surface area contributed by atoms with Crippen molar-refractivity contribution in [1.29, 1.82) is 5.26 Å². The lowest BCUT2D eigenvalue weighted by Gasteiger charge is -2.14. The fourth-order valence-corrected chi connectivity index (χ4v) is 2.06. The summed E-state index contributed by atoms with van der Waals surface area (Å²) in [6.45, 7) is 3.64. The first-order valence-corrected chi connectivity index (χ1v) is 6.31. The Balaban J connectivity index is 2.45. The molecule has 0 bridgehead atoms. The van der Waals surface area contributed by atoms with Gasteiger partial charge < -0.3 is 16.2 Å². The van der Waals surface area contributed by atoms with Gasteiger partial charge in [-0.3, -0.25) is 4.79 Å². The van der Waals surface area contributed by atoms with Gasteiger partial charge in [0, 0.05) is 11.6 Å². The summed E-state index contributed by atoms with van der Waals surface area (Å²) in [5.74, 6) is 0.521. The second-order valence-corrected chi connectivity index (χ2v) is 4.77. The van der Waals surface area contributed by atoms with Crippen LogP contribution in [0.3, 0.4) is 0 Å². The van der Waals surface area contributed by atoms with Crippen molar-refractivity contribution < 1.29 is 9.53 Å². The summed E-state index contributed by atoms with van der Waals surface area (Å²) in [5.41, 5.74) is 14.0. The Kier molecular flexibility index (Phi) is 3.81. The minimum atomic E-state index is -0.487. The molecule has 0 atom stereocenters. The third kappa shape index (κ3) is 2.95. The van der Waals surface area contributed by atoms with Crippen LogP contribution in [0.2, 0.25) is 0 Å². The Morgan fingerprint density at radius 2 is 1.81 bits per heavy atom. The number of nitrogen functional groups attached to an aromatic ring is 1. The minimum Gasteiger partial charge on any atom is -0.455 e. The van der Waals surface area contributed by atoms with Gasteiger partial charge in [-0.15, -0.1) is 0 Å². The number of ether oxygens (including phenoxy) is 1. The normalized spacial score (nSPS) is 9.95. The second kappa shape index (κ2) is 5.55. The number of hydrogen-bond donors (Lipinski definition) is 2. The number of amides is 1. The first-order valence-electron chi connectivity index (χ1n) is 6.31. The predicted octanol–water partition coefficient (Wildman–Crippen LogP) is 2.65. The lowest BCUT2D eigenvalue weighted by molar-refractivity contribution is 0.1000. The van der Waals surface area contributed by atoms with Gasteiger partial charge in [0.15, 0.2) is 5.75 Å². The molecule has 0 aromatic heterocycles. The maximum absolute atomic E-state index is 11.2. The van der Waals surface area contributed by atoms with E-state index in [1.54, 1.807) is 30.3 Å². The van der Waals surface area contributed by atoms with Crippen molar-refractivity contribution in [1.82, 2.24) is 0 Å². The largest absolute Gasteiger partial charge is 0.455 e. The first kappa shape index (κ1) is 14.4. The summed E-state index contributed by atoms with van der Waals surface area (Å²) in [6, 6.07) is 10.2. The smallest absolute Gasteiger partial charge is 0.248 e. The fourth-order valence-electron chi connectivity index (χ4n) is 2.06. The van der Waals surface area contributed by atoms with Crippen molar-refractivity contribution in [3.05, 3.63) is 52.6 Å². The van der Waals surface area contributed by atoms with E-state index in [-0.39, 0.29) is 0 Å². The van der Waals surface area contributed by atoms with E-state index in [1.807, 2.05) is 19.9 Å². The average molecular weight is 281 g/mol. The van der Waals surface area contributed by atoms with Crippen LogP contribution in [-0.2, 0) is 0 Å². The van der Waals surface area contributed by atoms with Crippen LogP contribution in [0.25, 0.3) is 0 Å². The number of carbonyl (C=O) groups is 1. The third-order valence-corrected chi connectivity index (χ3v) is 3.10. The lowest BCUT2D eigenvalue weighted by atomic mass is 10.1. The maximum Gasteiger partial charge on any atom is 0.248 e. The standard InChI is InChI=1S/C16H15N3O2/c1-9-5-12(16(19)20)6-10(2)15(9)21-14-7-11(8-17)3-4-13(14)18/h3-7H,18H2,1-2H3,(H2,19,20). The molecule has 5 heteroatoms. The number of aryl methyl sites for hydroxylation is 2. The molecule has 2 aromatic rings. The van der Waals surface area contributed by atoms with Gasteiger partial charge in [-0.2, -0.15) is 5.26 Å². The van der Waals surface area contributed by atoms with Gasteiger partial charge in [-0.1, -0.05) is 0 Å². The Morgan fingerprint density at radius 3 is 2.33 bits per heavy atom. The molecule has 106 valence electrons. The zero-order valence-corrected chi connectivity index (χ0v) is 11.8. The molecule has 0 heterocycles. The molecule has 0 spiro atoms. The highest BCUT2D eigenvalue weighted by Crippen LogP contribution is 2.33. The van der Waals surface area contributed by atoms with Crippen LogP contribution in [0.5, 0.6) is 11.5 Å². The zero-order valence-electron chi connectivity index (χ0n) is 11.8. The van der Waals surface area contributed by atoms with E-state index in [9.17, 15) is 4.79 Å². The van der Waals surface area contributed by atoms with Gasteiger partial charge >= 0.3 is 0 Å². The van der Waals surface area contributed by atoms with Crippen LogP contribution in [0.15, 0.2) is 30.3 Å². The molecule has 0 saturated heterocycles. The number of rotatable bonds is 3. The van der Waals surface area contributed by atoms with Crippen molar-refractivity contribution >= 4 is 11.6 Å². The number of benzene rings is 2. The third-order valence-electron chi connectivity index (χ3n) is 3.10. The van der Waals surface area contributed by atoms with E-state index >= 15 is 0 Å². The molecule has 0 aliphatic heterocycles. The van der Waals surface area contributed by atoms with Crippen LogP contribution in [0.4, 0.5) is 5.69 Å². The highest BCUT2D eigenvalue weighted by molar-refractivity contribution is 5.93. The molecule has 21 heavy (non-hydrogen) atoms. The lowest BCUT2D eigenvalue weighted by Crippen LogP contribution is -2.11. The molecule has 0 aliphatic rings. The number of carbonyl (C=O) groups excluding carboxylic acids is 1. The minimum absolute atomic E-state index is 0.409. The Morgan fingerprint density at radius 1 is 1.19 bits per heavy atom.